The summed E-state index contributed by atoms with van der Waals surface area (Å²) in [4.78, 5) is 30.4. The molecule has 1 amide bonds. The molecule has 6 heteroatoms. The van der Waals surface area contributed by atoms with Crippen LogP contribution in [0.2, 0.25) is 0 Å². The minimum absolute atomic E-state index is 0.0409. The second kappa shape index (κ2) is 9.29. The average molecular weight is 471 g/mol. The minimum Gasteiger partial charge on any atom is -0.507 e. The van der Waals surface area contributed by atoms with Crippen LogP contribution in [-0.2, 0) is 9.59 Å². The van der Waals surface area contributed by atoms with Crippen LogP contribution in [0.5, 0.6) is 5.75 Å². The summed E-state index contributed by atoms with van der Waals surface area (Å²) in [5.41, 5.74) is 5.36. The van der Waals surface area contributed by atoms with Crippen molar-refractivity contribution in [1.82, 2.24) is 0 Å². The summed E-state index contributed by atoms with van der Waals surface area (Å²) < 4.78 is 5.58. The summed E-state index contributed by atoms with van der Waals surface area (Å²) >= 11 is 0. The molecule has 0 bridgehead atoms. The molecular formula is C29H30N2O4. The second-order valence-electron chi connectivity index (χ2n) is 9.10. The van der Waals surface area contributed by atoms with E-state index < -0.39 is 17.7 Å². The molecule has 0 spiro atoms. The number of amides is 1. The van der Waals surface area contributed by atoms with E-state index in [1.807, 2.05) is 94.4 Å². The number of ketones is 1. The van der Waals surface area contributed by atoms with Crippen LogP contribution in [0.15, 0.2) is 66.2 Å². The highest BCUT2D eigenvalue weighted by Gasteiger charge is 2.47. The van der Waals surface area contributed by atoms with Crippen molar-refractivity contribution in [3.05, 3.63) is 94.1 Å². The van der Waals surface area contributed by atoms with Crippen molar-refractivity contribution in [1.29, 1.82) is 0 Å². The van der Waals surface area contributed by atoms with Crippen LogP contribution in [0.3, 0.4) is 0 Å². The van der Waals surface area contributed by atoms with Crippen LogP contribution >= 0.6 is 0 Å². The van der Waals surface area contributed by atoms with Gasteiger partial charge in [0, 0.05) is 25.5 Å². The second-order valence-corrected chi connectivity index (χ2v) is 9.10. The van der Waals surface area contributed by atoms with Crippen molar-refractivity contribution in [2.24, 2.45) is 0 Å². The Bertz CT molecular complexity index is 1340. The first kappa shape index (κ1) is 24.1. The Balaban J connectivity index is 2.01. The smallest absolute Gasteiger partial charge is 0.300 e. The molecule has 180 valence electrons. The van der Waals surface area contributed by atoms with Gasteiger partial charge in [0.15, 0.2) is 0 Å². The fourth-order valence-electron chi connectivity index (χ4n) is 4.73. The number of hydrogen-bond acceptors (Lipinski definition) is 5. The van der Waals surface area contributed by atoms with Gasteiger partial charge in [0.25, 0.3) is 11.7 Å². The molecule has 1 heterocycles. The van der Waals surface area contributed by atoms with Gasteiger partial charge in [-0.15, -0.1) is 0 Å². The maximum Gasteiger partial charge on any atom is 0.300 e. The number of ether oxygens (including phenoxy) is 1. The normalized spacial score (nSPS) is 17.1. The molecule has 0 aromatic heterocycles. The summed E-state index contributed by atoms with van der Waals surface area (Å²) in [6.45, 7) is 5.69. The van der Waals surface area contributed by atoms with Crippen LogP contribution in [-0.4, -0.2) is 38.0 Å². The number of methoxy groups -OCH3 is 1. The number of aliphatic hydroxyl groups excluding tert-OH is 1. The van der Waals surface area contributed by atoms with E-state index in [1.165, 1.54) is 12.0 Å². The molecule has 35 heavy (non-hydrogen) atoms. The van der Waals surface area contributed by atoms with Crippen LogP contribution in [0.25, 0.3) is 5.76 Å². The molecule has 1 N–H and O–H groups in total. The van der Waals surface area contributed by atoms with Crippen molar-refractivity contribution in [2.45, 2.75) is 26.8 Å². The summed E-state index contributed by atoms with van der Waals surface area (Å²) in [5, 5.41) is 11.6. The van der Waals surface area contributed by atoms with Gasteiger partial charge in [-0.2, -0.15) is 0 Å². The zero-order chi connectivity index (χ0) is 25.4. The van der Waals surface area contributed by atoms with Crippen LogP contribution < -0.4 is 14.5 Å². The SMILES string of the molecule is COc1c(C)cc(C)cc1/C(O)=C1\C(=O)C(=O)N(c2ccccc2C)C1c1ccc(N(C)C)cc1. The zero-order valence-corrected chi connectivity index (χ0v) is 20.9. The summed E-state index contributed by atoms with van der Waals surface area (Å²) in [6.07, 6.45) is 0. The highest BCUT2D eigenvalue weighted by atomic mass is 16.5. The number of anilines is 2. The average Bonchev–Trinajstić information content (AvgIpc) is 3.09. The van der Waals surface area contributed by atoms with Crippen LogP contribution in [0.4, 0.5) is 11.4 Å². The first-order valence-corrected chi connectivity index (χ1v) is 11.4. The van der Waals surface area contributed by atoms with Gasteiger partial charge in [-0.3, -0.25) is 14.5 Å². The van der Waals surface area contributed by atoms with Crippen molar-refractivity contribution < 1.29 is 19.4 Å². The number of rotatable bonds is 5. The van der Waals surface area contributed by atoms with E-state index >= 15 is 0 Å². The van der Waals surface area contributed by atoms with E-state index in [9.17, 15) is 14.7 Å². The molecule has 1 unspecified atom stereocenters. The van der Waals surface area contributed by atoms with Gasteiger partial charge in [0.2, 0.25) is 0 Å². The highest BCUT2D eigenvalue weighted by Crippen LogP contribution is 2.44. The predicted octanol–water partition coefficient (Wildman–Crippen LogP) is 5.31. The van der Waals surface area contributed by atoms with E-state index in [-0.39, 0.29) is 11.3 Å². The quantitative estimate of drug-likeness (QED) is 0.311. The molecule has 1 atom stereocenters. The predicted molar refractivity (Wildman–Crippen MR) is 139 cm³/mol. The van der Waals surface area contributed by atoms with Gasteiger partial charge < -0.3 is 14.7 Å². The zero-order valence-electron chi connectivity index (χ0n) is 20.9. The highest BCUT2D eigenvalue weighted by molar-refractivity contribution is 6.51. The Labute approximate surface area is 206 Å². The standard InChI is InChI=1S/C29H30N2O4/c1-17-15-19(3)28(35-6)22(16-17)26(32)24-25(20-11-13-21(14-12-20)30(4)5)31(29(34)27(24)33)23-10-8-7-9-18(23)2/h7-16,25,32H,1-6H3/b26-24+. The molecule has 0 saturated carbocycles. The largest absolute Gasteiger partial charge is 0.507 e. The number of aryl methyl sites for hydroxylation is 3. The molecule has 1 fully saturated rings. The van der Waals surface area contributed by atoms with Gasteiger partial charge >= 0.3 is 0 Å². The maximum atomic E-state index is 13.5. The van der Waals surface area contributed by atoms with Crippen LogP contribution in [0, 0.1) is 20.8 Å². The fraction of sp³-hybridized carbons (Fsp3) is 0.241. The lowest BCUT2D eigenvalue weighted by atomic mass is 9.93. The van der Waals surface area contributed by atoms with Crippen molar-refractivity contribution in [3.63, 3.8) is 0 Å². The third-order valence-electron chi connectivity index (χ3n) is 6.42. The number of carbonyl (C=O) groups excluding carboxylic acids is 2. The Kier molecular flexibility index (Phi) is 6.39. The number of benzene rings is 3. The monoisotopic (exact) mass is 470 g/mol. The lowest BCUT2D eigenvalue weighted by Crippen LogP contribution is -2.30. The molecule has 6 nitrogen and oxygen atoms in total. The molecule has 0 radical (unpaired) electrons. The Morgan fingerprint density at radius 1 is 0.943 bits per heavy atom. The number of nitrogens with zero attached hydrogens (tertiary/aromatic N) is 2. The number of hydrogen-bond donors (Lipinski definition) is 1. The molecule has 1 aliphatic rings. The number of Topliss-reactive ketones (excluding diaryl/α,β-unsaturated/α-hetero) is 1. The van der Waals surface area contributed by atoms with E-state index in [0.717, 1.165) is 27.9 Å². The van der Waals surface area contributed by atoms with Crippen molar-refractivity contribution in [3.8, 4) is 5.75 Å². The van der Waals surface area contributed by atoms with Gasteiger partial charge in [-0.1, -0.05) is 36.4 Å². The third kappa shape index (κ3) is 4.16. The lowest BCUT2D eigenvalue weighted by Gasteiger charge is -2.27. The minimum atomic E-state index is -0.794. The van der Waals surface area contributed by atoms with Gasteiger partial charge in [-0.25, -0.2) is 0 Å². The summed E-state index contributed by atoms with van der Waals surface area (Å²) in [5.74, 6) is -1.18. The fourth-order valence-corrected chi connectivity index (χ4v) is 4.73. The molecule has 3 aromatic rings. The molecule has 4 rings (SSSR count). The summed E-state index contributed by atoms with van der Waals surface area (Å²) in [6, 6.07) is 18.0. The number of para-hydroxylation sites is 1. The molecule has 1 saturated heterocycles. The van der Waals surface area contributed by atoms with Gasteiger partial charge in [0.05, 0.1) is 24.3 Å². The first-order chi connectivity index (χ1) is 16.6. The Hall–Kier alpha value is -4.06. The van der Waals surface area contributed by atoms with E-state index in [2.05, 4.69) is 0 Å². The van der Waals surface area contributed by atoms with Crippen LogP contribution in [0.1, 0.15) is 33.9 Å². The first-order valence-electron chi connectivity index (χ1n) is 11.4. The van der Waals surface area contributed by atoms with E-state index in [0.29, 0.717) is 17.0 Å². The maximum absolute atomic E-state index is 13.5. The third-order valence-corrected chi connectivity index (χ3v) is 6.42. The molecule has 1 aliphatic heterocycles. The topological polar surface area (TPSA) is 70.1 Å². The van der Waals surface area contributed by atoms with E-state index in [1.54, 1.807) is 6.07 Å². The van der Waals surface area contributed by atoms with E-state index in [4.69, 9.17) is 4.74 Å². The number of carbonyl (C=O) groups is 2. The molecular weight excluding hydrogens is 440 g/mol. The number of aliphatic hydroxyl groups is 1. The van der Waals surface area contributed by atoms with Gasteiger partial charge in [0.1, 0.15) is 11.5 Å². The lowest BCUT2D eigenvalue weighted by molar-refractivity contribution is -0.132. The van der Waals surface area contributed by atoms with Crippen molar-refractivity contribution >= 4 is 28.8 Å². The van der Waals surface area contributed by atoms with Gasteiger partial charge in [-0.05, 0) is 67.3 Å². The van der Waals surface area contributed by atoms with Crippen molar-refractivity contribution in [2.75, 3.05) is 31.0 Å². The molecule has 3 aromatic carbocycles. The summed E-state index contributed by atoms with van der Waals surface area (Å²) in [7, 11) is 5.42. The Morgan fingerprint density at radius 3 is 2.20 bits per heavy atom. The Morgan fingerprint density at radius 2 is 1.60 bits per heavy atom. The molecule has 0 aliphatic carbocycles.